The molecule has 4 N–H and O–H groups in total. The van der Waals surface area contributed by atoms with Crippen LogP contribution in [0.3, 0.4) is 0 Å². The van der Waals surface area contributed by atoms with Crippen LogP contribution in [0.5, 0.6) is 0 Å². The minimum absolute atomic E-state index is 0.0846. The van der Waals surface area contributed by atoms with Gasteiger partial charge in [0.2, 0.25) is 5.91 Å². The fraction of sp³-hybridized carbons (Fsp3) is 0.300. The van der Waals surface area contributed by atoms with Crippen molar-refractivity contribution in [2.24, 2.45) is 11.7 Å². The van der Waals surface area contributed by atoms with E-state index in [9.17, 15) is 9.59 Å². The number of hydrogen-bond acceptors (Lipinski definition) is 3. The molecule has 0 bridgehead atoms. The quantitative estimate of drug-likeness (QED) is 0.782. The Morgan fingerprint density at radius 1 is 1.08 bits per heavy atom. The third kappa shape index (κ3) is 4.25. The maximum Gasteiger partial charge on any atom is 0.251 e. The lowest BCUT2D eigenvalue weighted by atomic mass is 9.96. The minimum Gasteiger partial charge on any atom is -0.366 e. The highest BCUT2D eigenvalue weighted by Crippen LogP contribution is 2.24. The normalized spacial score (nSPS) is 14.9. The summed E-state index contributed by atoms with van der Waals surface area (Å²) in [5, 5.41) is 6.39. The van der Waals surface area contributed by atoms with Crippen LogP contribution in [0.25, 0.3) is 11.1 Å². The second-order valence-electron chi connectivity index (χ2n) is 6.39. The molecule has 5 heteroatoms. The van der Waals surface area contributed by atoms with Crippen LogP contribution >= 0.6 is 0 Å². The zero-order valence-corrected chi connectivity index (χ0v) is 14.1. The summed E-state index contributed by atoms with van der Waals surface area (Å²) in [6.45, 7) is 2.71. The molecule has 1 fully saturated rings. The molecule has 130 valence electrons. The molecule has 2 amide bonds. The number of rotatable bonds is 5. The molecule has 0 aromatic heterocycles. The van der Waals surface area contributed by atoms with Crippen molar-refractivity contribution in [2.75, 3.05) is 19.6 Å². The van der Waals surface area contributed by atoms with Gasteiger partial charge >= 0.3 is 0 Å². The Hall–Kier alpha value is -2.66. The number of nitrogens with one attached hydrogen (secondary N) is 2. The number of amides is 2. The summed E-state index contributed by atoms with van der Waals surface area (Å²) in [5.74, 6) is -0.0381. The van der Waals surface area contributed by atoms with Crippen LogP contribution in [0.2, 0.25) is 0 Å². The molecule has 0 unspecified atom stereocenters. The summed E-state index contributed by atoms with van der Waals surface area (Å²) in [4.78, 5) is 24.1. The van der Waals surface area contributed by atoms with Gasteiger partial charge in [-0.25, -0.2) is 0 Å². The third-order valence-electron chi connectivity index (χ3n) is 4.64. The number of benzene rings is 2. The zero-order valence-electron chi connectivity index (χ0n) is 14.1. The van der Waals surface area contributed by atoms with Crippen molar-refractivity contribution in [3.05, 3.63) is 59.7 Å². The van der Waals surface area contributed by atoms with Crippen molar-refractivity contribution in [1.29, 1.82) is 0 Å². The Bertz CT molecular complexity index is 767. The largest absolute Gasteiger partial charge is 0.366 e. The van der Waals surface area contributed by atoms with Crippen molar-refractivity contribution >= 4 is 11.8 Å². The van der Waals surface area contributed by atoms with Gasteiger partial charge in [-0.05, 0) is 61.2 Å². The first kappa shape index (κ1) is 17.2. The van der Waals surface area contributed by atoms with Gasteiger partial charge in [-0.1, -0.05) is 30.3 Å². The van der Waals surface area contributed by atoms with Crippen LogP contribution in [0.1, 0.15) is 33.6 Å². The Morgan fingerprint density at radius 2 is 1.84 bits per heavy atom. The number of nitrogens with two attached hydrogens (primary N) is 1. The van der Waals surface area contributed by atoms with Crippen LogP contribution in [0.15, 0.2) is 48.5 Å². The lowest BCUT2D eigenvalue weighted by Crippen LogP contribution is -2.36. The highest BCUT2D eigenvalue weighted by molar-refractivity contribution is 6.01. The Labute approximate surface area is 147 Å². The second-order valence-corrected chi connectivity index (χ2v) is 6.39. The van der Waals surface area contributed by atoms with Gasteiger partial charge in [0, 0.05) is 17.7 Å². The second kappa shape index (κ2) is 7.94. The summed E-state index contributed by atoms with van der Waals surface area (Å²) in [5.41, 5.74) is 8.02. The van der Waals surface area contributed by atoms with Gasteiger partial charge in [0.15, 0.2) is 0 Å². The summed E-state index contributed by atoms with van der Waals surface area (Å²) < 4.78 is 0. The fourth-order valence-electron chi connectivity index (χ4n) is 3.19. The first-order valence-corrected chi connectivity index (χ1v) is 8.63. The molecule has 1 heterocycles. The fourth-order valence-corrected chi connectivity index (χ4v) is 3.19. The molecule has 2 aromatic rings. The summed E-state index contributed by atoms with van der Waals surface area (Å²) in [7, 11) is 0. The van der Waals surface area contributed by atoms with Crippen molar-refractivity contribution in [3.63, 3.8) is 0 Å². The Balaban J connectivity index is 1.79. The summed E-state index contributed by atoms with van der Waals surface area (Å²) in [6, 6.07) is 14.5. The molecule has 0 radical (unpaired) electrons. The van der Waals surface area contributed by atoms with E-state index in [1.165, 1.54) is 0 Å². The van der Waals surface area contributed by atoms with Gasteiger partial charge in [0.25, 0.3) is 5.91 Å². The standard InChI is InChI=1S/C20H23N3O2/c21-19(24)16-5-3-4-15(12-16)17-6-1-2-7-18(17)20(25)23-13-14-8-10-22-11-9-14/h1-7,12,14,22H,8-11,13H2,(H2,21,24)(H,23,25). The first-order valence-electron chi connectivity index (χ1n) is 8.63. The number of carbonyl (C=O) groups excluding carboxylic acids is 2. The van der Waals surface area contributed by atoms with Crippen LogP contribution in [0.4, 0.5) is 0 Å². The van der Waals surface area contributed by atoms with Gasteiger partial charge in [-0.2, -0.15) is 0 Å². The van der Waals surface area contributed by atoms with Crippen LogP contribution < -0.4 is 16.4 Å². The van der Waals surface area contributed by atoms with Crippen LogP contribution in [0, 0.1) is 5.92 Å². The molecule has 0 spiro atoms. The van der Waals surface area contributed by atoms with Crippen molar-refractivity contribution in [1.82, 2.24) is 10.6 Å². The average Bonchev–Trinajstić information content (AvgIpc) is 2.67. The maximum atomic E-state index is 12.7. The van der Waals surface area contributed by atoms with Crippen LogP contribution in [-0.4, -0.2) is 31.4 Å². The van der Waals surface area contributed by atoms with Crippen molar-refractivity contribution < 1.29 is 9.59 Å². The molecule has 1 aliphatic rings. The monoisotopic (exact) mass is 337 g/mol. The number of primary amides is 1. The molecule has 1 aliphatic heterocycles. The lowest BCUT2D eigenvalue weighted by Gasteiger charge is -2.23. The van der Waals surface area contributed by atoms with E-state index in [-0.39, 0.29) is 5.91 Å². The molecule has 0 aliphatic carbocycles. The average molecular weight is 337 g/mol. The van der Waals surface area contributed by atoms with Crippen LogP contribution in [-0.2, 0) is 0 Å². The van der Waals surface area contributed by atoms with E-state index in [0.29, 0.717) is 23.6 Å². The predicted octanol–water partition coefficient (Wildman–Crippen LogP) is 2.18. The number of carbonyl (C=O) groups is 2. The molecular weight excluding hydrogens is 314 g/mol. The van der Waals surface area contributed by atoms with E-state index in [0.717, 1.165) is 37.1 Å². The molecule has 25 heavy (non-hydrogen) atoms. The van der Waals surface area contributed by atoms with Crippen molar-refractivity contribution in [3.8, 4) is 11.1 Å². The van der Waals surface area contributed by atoms with Gasteiger partial charge in [0.05, 0.1) is 0 Å². The first-order chi connectivity index (χ1) is 12.1. The smallest absolute Gasteiger partial charge is 0.251 e. The van der Waals surface area contributed by atoms with Gasteiger partial charge in [-0.3, -0.25) is 9.59 Å². The van der Waals surface area contributed by atoms with E-state index >= 15 is 0 Å². The highest BCUT2D eigenvalue weighted by Gasteiger charge is 2.17. The minimum atomic E-state index is -0.477. The summed E-state index contributed by atoms with van der Waals surface area (Å²) in [6.07, 6.45) is 2.17. The van der Waals surface area contributed by atoms with Gasteiger partial charge in [0.1, 0.15) is 0 Å². The maximum absolute atomic E-state index is 12.7. The number of hydrogen-bond donors (Lipinski definition) is 3. The number of piperidine rings is 1. The molecule has 2 aromatic carbocycles. The van der Waals surface area contributed by atoms with E-state index in [1.54, 1.807) is 18.2 Å². The van der Waals surface area contributed by atoms with E-state index in [4.69, 9.17) is 5.73 Å². The van der Waals surface area contributed by atoms with E-state index in [2.05, 4.69) is 10.6 Å². The lowest BCUT2D eigenvalue weighted by molar-refractivity contribution is 0.0944. The molecule has 0 atom stereocenters. The Kier molecular flexibility index (Phi) is 5.46. The molecule has 1 saturated heterocycles. The van der Waals surface area contributed by atoms with Crippen molar-refractivity contribution in [2.45, 2.75) is 12.8 Å². The summed E-state index contributed by atoms with van der Waals surface area (Å²) >= 11 is 0. The Morgan fingerprint density at radius 3 is 2.60 bits per heavy atom. The van der Waals surface area contributed by atoms with Gasteiger partial charge < -0.3 is 16.4 Å². The molecule has 0 saturated carbocycles. The van der Waals surface area contributed by atoms with E-state index < -0.39 is 5.91 Å². The van der Waals surface area contributed by atoms with E-state index in [1.807, 2.05) is 30.3 Å². The SMILES string of the molecule is NC(=O)c1cccc(-c2ccccc2C(=O)NCC2CCNCC2)c1. The topological polar surface area (TPSA) is 84.2 Å². The zero-order chi connectivity index (χ0) is 17.6. The molecule has 3 rings (SSSR count). The third-order valence-corrected chi connectivity index (χ3v) is 4.64. The molecule has 5 nitrogen and oxygen atoms in total. The van der Waals surface area contributed by atoms with Gasteiger partial charge in [-0.15, -0.1) is 0 Å². The molecular formula is C20H23N3O2. The highest BCUT2D eigenvalue weighted by atomic mass is 16.2. The predicted molar refractivity (Wildman–Crippen MR) is 98.3 cm³/mol.